The van der Waals surface area contributed by atoms with E-state index in [0.717, 1.165) is 10.6 Å². The highest BCUT2D eigenvalue weighted by molar-refractivity contribution is 7.92. The largest absolute Gasteiger partial charge is 0.494 e. The number of hydrogen-bond acceptors (Lipinski definition) is 6. The van der Waals surface area contributed by atoms with E-state index in [-0.39, 0.29) is 10.6 Å². The van der Waals surface area contributed by atoms with E-state index in [9.17, 15) is 21.6 Å². The molecule has 12 heteroatoms. The molecule has 3 rings (SSSR count). The molecule has 0 bridgehead atoms. The van der Waals surface area contributed by atoms with Crippen molar-refractivity contribution in [3.8, 4) is 5.75 Å². The summed E-state index contributed by atoms with van der Waals surface area (Å²) in [6.45, 7) is 3.80. The van der Waals surface area contributed by atoms with Crippen LogP contribution in [0.5, 0.6) is 5.75 Å². The lowest BCUT2D eigenvalue weighted by Gasteiger charge is -2.28. The van der Waals surface area contributed by atoms with Crippen molar-refractivity contribution >= 4 is 54.6 Å². The second kappa shape index (κ2) is 11.2. The number of ether oxygens (including phenoxy) is 1. The van der Waals surface area contributed by atoms with Gasteiger partial charge in [0.1, 0.15) is 11.8 Å². The van der Waals surface area contributed by atoms with Crippen molar-refractivity contribution in [1.82, 2.24) is 0 Å². The van der Waals surface area contributed by atoms with Gasteiger partial charge in [-0.05, 0) is 86.6 Å². The van der Waals surface area contributed by atoms with Crippen LogP contribution in [0.25, 0.3) is 0 Å². The van der Waals surface area contributed by atoms with E-state index in [1.807, 2.05) is 6.92 Å². The summed E-state index contributed by atoms with van der Waals surface area (Å²) in [5.41, 5.74) is 0.954. The first kappa shape index (κ1) is 27.3. The number of hydrogen-bond donors (Lipinski definition) is 2. The standard InChI is InChI=1S/C24H26ClN3O6S2/c1-4-34-22-13-7-20(8-14-22)27-36(32,33)23-15-9-19(10-16-23)26-24(29)17(2)28(35(3,30)31)21-11-5-18(25)6-12-21/h5-17,27H,4H2,1-3H3,(H,26,29)/t17-/m0/s1. The number of carbonyl (C=O) groups is 1. The lowest BCUT2D eigenvalue weighted by Crippen LogP contribution is -2.45. The molecule has 0 aliphatic rings. The fourth-order valence-electron chi connectivity index (χ4n) is 3.36. The van der Waals surface area contributed by atoms with Crippen LogP contribution in [0.1, 0.15) is 13.8 Å². The molecule has 9 nitrogen and oxygen atoms in total. The molecule has 0 saturated carbocycles. The van der Waals surface area contributed by atoms with Gasteiger partial charge in [0.05, 0.1) is 23.4 Å². The van der Waals surface area contributed by atoms with Crippen LogP contribution in [0.4, 0.5) is 17.1 Å². The summed E-state index contributed by atoms with van der Waals surface area (Å²) in [6, 6.07) is 17.0. The summed E-state index contributed by atoms with van der Waals surface area (Å²) < 4.78 is 59.1. The Kier molecular flexibility index (Phi) is 8.49. The van der Waals surface area contributed by atoms with Gasteiger partial charge in [0.25, 0.3) is 10.0 Å². The van der Waals surface area contributed by atoms with Gasteiger partial charge in [-0.2, -0.15) is 0 Å². The van der Waals surface area contributed by atoms with Crippen molar-refractivity contribution in [1.29, 1.82) is 0 Å². The Hall–Kier alpha value is -3.28. The number of sulfonamides is 2. The molecule has 0 fully saturated rings. The van der Waals surface area contributed by atoms with Crippen LogP contribution >= 0.6 is 11.6 Å². The molecule has 0 spiro atoms. The van der Waals surface area contributed by atoms with Gasteiger partial charge in [0, 0.05) is 16.4 Å². The van der Waals surface area contributed by atoms with Crippen molar-refractivity contribution < 1.29 is 26.4 Å². The number of amides is 1. The van der Waals surface area contributed by atoms with E-state index >= 15 is 0 Å². The molecule has 3 aromatic rings. The molecule has 192 valence electrons. The van der Waals surface area contributed by atoms with E-state index in [1.165, 1.54) is 55.5 Å². The maximum absolute atomic E-state index is 12.9. The Bertz CT molecular complexity index is 1410. The average molecular weight is 552 g/mol. The zero-order chi connectivity index (χ0) is 26.5. The molecule has 36 heavy (non-hydrogen) atoms. The van der Waals surface area contributed by atoms with Crippen molar-refractivity contribution in [2.45, 2.75) is 24.8 Å². The lowest BCUT2D eigenvalue weighted by atomic mass is 10.2. The molecule has 2 N–H and O–H groups in total. The molecule has 0 radical (unpaired) electrons. The Morgan fingerprint density at radius 3 is 2.00 bits per heavy atom. The molecule has 1 amide bonds. The Labute approximate surface area is 216 Å². The van der Waals surface area contributed by atoms with Crippen LogP contribution in [0.2, 0.25) is 5.02 Å². The highest BCUT2D eigenvalue weighted by atomic mass is 35.5. The molecular formula is C24H26ClN3O6S2. The summed E-state index contributed by atoms with van der Waals surface area (Å²) in [5, 5.41) is 3.05. The Morgan fingerprint density at radius 1 is 0.917 bits per heavy atom. The Balaban J connectivity index is 1.72. The first-order valence-electron chi connectivity index (χ1n) is 10.8. The SMILES string of the molecule is CCOc1ccc(NS(=O)(=O)c2ccc(NC(=O)[C@H](C)N(c3ccc(Cl)cc3)S(C)(=O)=O)cc2)cc1. The van der Waals surface area contributed by atoms with E-state index in [1.54, 1.807) is 24.3 Å². The minimum Gasteiger partial charge on any atom is -0.494 e. The minimum absolute atomic E-state index is 0.0126. The topological polar surface area (TPSA) is 122 Å². The van der Waals surface area contributed by atoms with Crippen LogP contribution in [-0.2, 0) is 24.8 Å². The number of anilines is 3. The third-order valence-electron chi connectivity index (χ3n) is 5.02. The summed E-state index contributed by atoms with van der Waals surface area (Å²) in [6.07, 6.45) is 1.00. The van der Waals surface area contributed by atoms with Gasteiger partial charge in [-0.3, -0.25) is 13.8 Å². The number of benzene rings is 3. The average Bonchev–Trinajstić information content (AvgIpc) is 2.81. The van der Waals surface area contributed by atoms with Gasteiger partial charge in [-0.15, -0.1) is 0 Å². The third-order valence-corrected chi connectivity index (χ3v) is 7.91. The van der Waals surface area contributed by atoms with Gasteiger partial charge in [0.2, 0.25) is 15.9 Å². The predicted molar refractivity (Wildman–Crippen MR) is 142 cm³/mol. The van der Waals surface area contributed by atoms with Crippen LogP contribution in [0.15, 0.2) is 77.7 Å². The fraction of sp³-hybridized carbons (Fsp3) is 0.208. The predicted octanol–water partition coefficient (Wildman–Crippen LogP) is 4.33. The molecule has 0 unspecified atom stereocenters. The summed E-state index contributed by atoms with van der Waals surface area (Å²) in [5.74, 6) is 0.0266. The highest BCUT2D eigenvalue weighted by Crippen LogP contribution is 2.24. The molecule has 0 saturated heterocycles. The van der Waals surface area contributed by atoms with E-state index < -0.39 is 32.0 Å². The van der Waals surface area contributed by atoms with E-state index in [0.29, 0.717) is 28.8 Å². The number of rotatable bonds is 10. The monoisotopic (exact) mass is 551 g/mol. The third kappa shape index (κ3) is 6.90. The van der Waals surface area contributed by atoms with Crippen LogP contribution in [-0.4, -0.2) is 41.6 Å². The maximum atomic E-state index is 12.9. The first-order valence-corrected chi connectivity index (χ1v) is 14.5. The Morgan fingerprint density at radius 2 is 1.47 bits per heavy atom. The molecule has 0 aromatic heterocycles. The van der Waals surface area contributed by atoms with Gasteiger partial charge in [-0.1, -0.05) is 11.6 Å². The molecular weight excluding hydrogens is 526 g/mol. The molecule has 1 atom stereocenters. The number of carbonyl (C=O) groups excluding carboxylic acids is 1. The van der Waals surface area contributed by atoms with Crippen molar-refractivity contribution in [3.63, 3.8) is 0 Å². The number of nitrogens with one attached hydrogen (secondary N) is 2. The maximum Gasteiger partial charge on any atom is 0.261 e. The zero-order valence-electron chi connectivity index (χ0n) is 19.8. The lowest BCUT2D eigenvalue weighted by molar-refractivity contribution is -0.116. The molecule has 3 aromatic carbocycles. The first-order chi connectivity index (χ1) is 16.9. The van der Waals surface area contributed by atoms with Crippen molar-refractivity contribution in [3.05, 3.63) is 77.8 Å². The molecule has 0 aliphatic carbocycles. The minimum atomic E-state index is -3.87. The summed E-state index contributed by atoms with van der Waals surface area (Å²) in [4.78, 5) is 12.8. The van der Waals surface area contributed by atoms with Crippen molar-refractivity contribution in [2.24, 2.45) is 0 Å². The van der Waals surface area contributed by atoms with Crippen molar-refractivity contribution in [2.75, 3.05) is 27.2 Å². The van der Waals surface area contributed by atoms with Gasteiger partial charge in [0.15, 0.2) is 0 Å². The quantitative estimate of drug-likeness (QED) is 0.387. The highest BCUT2D eigenvalue weighted by Gasteiger charge is 2.29. The van der Waals surface area contributed by atoms with Gasteiger partial charge >= 0.3 is 0 Å². The second-order valence-electron chi connectivity index (χ2n) is 7.79. The molecule has 0 aliphatic heterocycles. The van der Waals surface area contributed by atoms with Crippen LogP contribution in [0, 0.1) is 0 Å². The zero-order valence-corrected chi connectivity index (χ0v) is 22.2. The van der Waals surface area contributed by atoms with Gasteiger partial charge in [-0.25, -0.2) is 16.8 Å². The van der Waals surface area contributed by atoms with Gasteiger partial charge < -0.3 is 10.1 Å². The summed E-state index contributed by atoms with van der Waals surface area (Å²) >= 11 is 5.89. The normalized spacial score (nSPS) is 12.4. The molecule has 0 heterocycles. The van der Waals surface area contributed by atoms with Crippen LogP contribution < -0.4 is 19.1 Å². The smallest absolute Gasteiger partial charge is 0.261 e. The second-order valence-corrected chi connectivity index (χ2v) is 11.8. The summed E-state index contributed by atoms with van der Waals surface area (Å²) in [7, 11) is -7.67. The number of halogens is 1. The number of nitrogens with zero attached hydrogens (tertiary/aromatic N) is 1. The van der Waals surface area contributed by atoms with Crippen LogP contribution in [0.3, 0.4) is 0 Å². The fourth-order valence-corrected chi connectivity index (χ4v) is 5.72. The van der Waals surface area contributed by atoms with E-state index in [4.69, 9.17) is 16.3 Å². The van der Waals surface area contributed by atoms with E-state index in [2.05, 4.69) is 10.0 Å².